The average Bonchev–Trinajstić information content (AvgIpc) is 3.98. The summed E-state index contributed by atoms with van der Waals surface area (Å²) in [4.78, 5) is 0. The summed E-state index contributed by atoms with van der Waals surface area (Å²) < 4.78 is 0. The summed E-state index contributed by atoms with van der Waals surface area (Å²) in [5.41, 5.74) is 14.3. The van der Waals surface area contributed by atoms with E-state index in [9.17, 15) is 0 Å². The molecule has 0 amide bonds. The van der Waals surface area contributed by atoms with Crippen LogP contribution in [-0.4, -0.2) is 9.52 Å². The molecule has 0 aliphatic carbocycles. The molecule has 1 heterocycles. The third-order valence-electron chi connectivity index (χ3n) is 11.2. The van der Waals surface area contributed by atoms with E-state index < -0.39 is 0 Å². The Kier molecular flexibility index (Phi) is 16.1. The summed E-state index contributed by atoms with van der Waals surface area (Å²) in [6.07, 6.45) is 12.1. The zero-order valence-electron chi connectivity index (χ0n) is 35.0. The number of fused-ring (bicyclic) bond motifs is 5. The molecular formula is C56H57HfSi-3. The number of unbranched alkanes of at least 4 members (excludes halogenated alkanes) is 2. The van der Waals surface area contributed by atoms with Crippen molar-refractivity contribution in [2.75, 3.05) is 0 Å². The molecule has 0 aromatic heterocycles. The molecule has 2 heteroatoms. The SMILES string of the molecule is CCCCc1ccccc1-c1cccc2[cH-]c(CCC)cc12.CCCCc1ccccc1-c1cccc2[cH-]c(CCC)cc12.[Hf].[c-]1cccc2c1[Si]c1ccccc1-2. The van der Waals surface area contributed by atoms with Gasteiger partial charge < -0.3 is 0 Å². The minimum atomic E-state index is 0. The molecule has 8 aromatic carbocycles. The molecule has 1 aliphatic heterocycles. The average molecular weight is 937 g/mol. The maximum absolute atomic E-state index is 3.31. The van der Waals surface area contributed by atoms with E-state index in [1.54, 1.807) is 0 Å². The summed E-state index contributed by atoms with van der Waals surface area (Å²) >= 11 is 0. The predicted molar refractivity (Wildman–Crippen MR) is 251 cm³/mol. The van der Waals surface area contributed by atoms with E-state index in [1.165, 1.54) is 152 Å². The second-order valence-electron chi connectivity index (χ2n) is 15.5. The Morgan fingerprint density at radius 3 is 1.43 bits per heavy atom. The van der Waals surface area contributed by atoms with Crippen LogP contribution in [0.25, 0.3) is 54.9 Å². The third kappa shape index (κ3) is 10.2. The van der Waals surface area contributed by atoms with Crippen LogP contribution < -0.4 is 10.4 Å². The molecule has 0 fully saturated rings. The van der Waals surface area contributed by atoms with Gasteiger partial charge in [0.2, 0.25) is 0 Å². The van der Waals surface area contributed by atoms with Gasteiger partial charge in [0.15, 0.2) is 0 Å². The van der Waals surface area contributed by atoms with Crippen LogP contribution >= 0.6 is 0 Å². The maximum Gasteiger partial charge on any atom is 0.0920 e. The van der Waals surface area contributed by atoms with E-state index >= 15 is 0 Å². The van der Waals surface area contributed by atoms with Gasteiger partial charge in [-0.2, -0.15) is 41.6 Å². The molecule has 9 rings (SSSR count). The van der Waals surface area contributed by atoms with Gasteiger partial charge in [0.25, 0.3) is 0 Å². The number of hydrogen-bond donors (Lipinski definition) is 0. The van der Waals surface area contributed by atoms with E-state index in [-0.39, 0.29) is 25.8 Å². The van der Waals surface area contributed by atoms with E-state index in [1.807, 2.05) is 6.07 Å². The van der Waals surface area contributed by atoms with E-state index in [0.29, 0.717) is 0 Å². The molecule has 0 unspecified atom stereocenters. The fourth-order valence-corrected chi connectivity index (χ4v) is 9.70. The van der Waals surface area contributed by atoms with Crippen molar-refractivity contribution in [1.82, 2.24) is 0 Å². The summed E-state index contributed by atoms with van der Waals surface area (Å²) in [6, 6.07) is 58.9. The molecule has 58 heavy (non-hydrogen) atoms. The van der Waals surface area contributed by atoms with Crippen LogP contribution in [0.1, 0.15) is 88.5 Å². The van der Waals surface area contributed by atoms with Crippen LogP contribution in [-0.2, 0) is 51.5 Å². The molecule has 292 valence electrons. The minimum absolute atomic E-state index is 0. The van der Waals surface area contributed by atoms with Crippen molar-refractivity contribution in [2.45, 2.75) is 91.9 Å². The first-order valence-electron chi connectivity index (χ1n) is 21.5. The molecule has 0 saturated heterocycles. The van der Waals surface area contributed by atoms with Crippen molar-refractivity contribution in [3.05, 3.63) is 180 Å². The van der Waals surface area contributed by atoms with Gasteiger partial charge in [-0.1, -0.05) is 160 Å². The van der Waals surface area contributed by atoms with E-state index in [0.717, 1.165) is 9.52 Å². The van der Waals surface area contributed by atoms with Gasteiger partial charge in [-0.25, -0.2) is 0 Å². The Morgan fingerprint density at radius 1 is 0.448 bits per heavy atom. The summed E-state index contributed by atoms with van der Waals surface area (Å²) in [5, 5.41) is 8.41. The standard InChI is InChI=1S/2C22H25.C12H7Si.Hf/c2*1-3-5-10-18-11-6-7-13-20(18)21-14-8-12-19-15-17(9-4-2)16-22(19)21;1-3-7-11-9(5-1)10-6-2-4-8-12(10)13-11;/h2*6-8,11-16H,3-5,9-10H2,1-2H3;1-7H;/q3*-1;. The fourth-order valence-electron chi connectivity index (χ4n) is 8.39. The largest absolute Gasteiger partial charge is 0.184 e. The first-order chi connectivity index (χ1) is 28.1. The Hall–Kier alpha value is -4.37. The first kappa shape index (κ1) is 43.2. The molecule has 0 atom stereocenters. The molecule has 0 nitrogen and oxygen atoms in total. The van der Waals surface area contributed by atoms with Gasteiger partial charge in [0.05, 0.1) is 9.52 Å². The molecule has 0 saturated carbocycles. The van der Waals surface area contributed by atoms with Gasteiger partial charge in [0.1, 0.15) is 0 Å². The molecule has 2 radical (unpaired) electrons. The predicted octanol–water partition coefficient (Wildman–Crippen LogP) is 14.2. The monoisotopic (exact) mass is 937 g/mol. The quantitative estimate of drug-likeness (QED) is 0.0846. The molecule has 0 bridgehead atoms. The van der Waals surface area contributed by atoms with Gasteiger partial charge in [0, 0.05) is 25.8 Å². The van der Waals surface area contributed by atoms with Crippen LogP contribution in [0.4, 0.5) is 0 Å². The molecular weight excluding hydrogens is 879 g/mol. The zero-order chi connectivity index (χ0) is 39.4. The Labute approximate surface area is 370 Å². The van der Waals surface area contributed by atoms with Crippen molar-refractivity contribution in [1.29, 1.82) is 0 Å². The van der Waals surface area contributed by atoms with Crippen LogP contribution in [0.3, 0.4) is 0 Å². The smallest absolute Gasteiger partial charge is 0.0920 e. The van der Waals surface area contributed by atoms with Gasteiger partial charge in [-0.15, -0.1) is 74.6 Å². The Bertz CT molecular complexity index is 2340. The van der Waals surface area contributed by atoms with Crippen LogP contribution in [0.2, 0.25) is 0 Å². The third-order valence-corrected chi connectivity index (χ3v) is 12.6. The molecule has 8 aromatic rings. The van der Waals surface area contributed by atoms with Crippen molar-refractivity contribution in [3.63, 3.8) is 0 Å². The Morgan fingerprint density at radius 2 is 0.914 bits per heavy atom. The topological polar surface area (TPSA) is 0 Å². The number of hydrogen-bond acceptors (Lipinski definition) is 0. The maximum atomic E-state index is 3.31. The van der Waals surface area contributed by atoms with Gasteiger partial charge in [-0.3, -0.25) is 0 Å². The van der Waals surface area contributed by atoms with Crippen molar-refractivity contribution in [2.24, 2.45) is 0 Å². The minimum Gasteiger partial charge on any atom is -0.184 e. The number of benzene rings is 6. The van der Waals surface area contributed by atoms with Crippen LogP contribution in [0.5, 0.6) is 0 Å². The van der Waals surface area contributed by atoms with Gasteiger partial charge >= 0.3 is 0 Å². The van der Waals surface area contributed by atoms with E-state index in [4.69, 9.17) is 0 Å². The Balaban J connectivity index is 0.000000150. The molecule has 0 spiro atoms. The number of aryl methyl sites for hydroxylation is 4. The van der Waals surface area contributed by atoms with Crippen molar-refractivity contribution >= 4 is 41.4 Å². The van der Waals surface area contributed by atoms with Crippen molar-refractivity contribution < 1.29 is 25.8 Å². The van der Waals surface area contributed by atoms with Crippen LogP contribution in [0, 0.1) is 6.07 Å². The van der Waals surface area contributed by atoms with E-state index in [2.05, 4.69) is 179 Å². The van der Waals surface area contributed by atoms with Crippen molar-refractivity contribution in [3.8, 4) is 33.4 Å². The molecule has 1 aliphatic rings. The second kappa shape index (κ2) is 21.6. The molecule has 0 N–H and O–H groups in total. The zero-order valence-corrected chi connectivity index (χ0v) is 39.6. The number of rotatable bonds is 12. The summed E-state index contributed by atoms with van der Waals surface area (Å²) in [6.45, 7) is 9.02. The second-order valence-corrected chi connectivity index (χ2v) is 16.8. The first-order valence-corrected chi connectivity index (χ1v) is 22.5. The summed E-state index contributed by atoms with van der Waals surface area (Å²) in [7, 11) is 0.795. The fraction of sp³-hybridized carbons (Fsp3) is 0.250. The van der Waals surface area contributed by atoms with Crippen LogP contribution in [0.15, 0.2) is 152 Å². The summed E-state index contributed by atoms with van der Waals surface area (Å²) in [5.74, 6) is 0. The van der Waals surface area contributed by atoms with Gasteiger partial charge in [-0.05, 0) is 60.8 Å². The normalized spacial score (nSPS) is 11.2.